The van der Waals surface area contributed by atoms with Crippen molar-refractivity contribution in [1.82, 2.24) is 0 Å². The predicted molar refractivity (Wildman–Crippen MR) is 194 cm³/mol. The first-order valence-electron chi connectivity index (χ1n) is 16.1. The second kappa shape index (κ2) is 15.4. The van der Waals surface area contributed by atoms with E-state index in [1.54, 1.807) is 24.3 Å². The van der Waals surface area contributed by atoms with E-state index < -0.39 is 9.84 Å². The Balaban J connectivity index is 1.09. The quantitative estimate of drug-likeness (QED) is 0.137. The zero-order valence-electron chi connectivity index (χ0n) is 26.8. The lowest BCUT2D eigenvalue weighted by molar-refractivity contribution is -0.117. The molecule has 0 heterocycles. The molecule has 0 saturated carbocycles. The van der Waals surface area contributed by atoms with Gasteiger partial charge in [0.05, 0.1) is 9.79 Å². The van der Waals surface area contributed by atoms with Crippen molar-refractivity contribution >= 4 is 33.0 Å². The number of nitrogens with one attached hydrogen (secondary N) is 2. The van der Waals surface area contributed by atoms with Crippen molar-refractivity contribution in [3.63, 3.8) is 0 Å². The lowest BCUT2D eigenvalue weighted by atomic mass is 9.88. The van der Waals surface area contributed by atoms with Crippen LogP contribution < -0.4 is 10.6 Å². The maximum absolute atomic E-state index is 13.4. The lowest BCUT2D eigenvalue weighted by Crippen LogP contribution is -2.16. The van der Waals surface area contributed by atoms with Gasteiger partial charge in [-0.25, -0.2) is 8.42 Å². The summed E-state index contributed by atoms with van der Waals surface area (Å²) < 4.78 is 26.9. The molecular formula is C42H36N2O4S. The molecule has 7 heteroatoms. The fraction of sp³-hybridized carbons (Fsp3) is 0.0952. The number of rotatable bonds is 12. The molecule has 244 valence electrons. The molecule has 6 aromatic rings. The zero-order chi connectivity index (χ0) is 34.1. The first kappa shape index (κ1) is 33.1. The van der Waals surface area contributed by atoms with E-state index in [4.69, 9.17) is 0 Å². The summed E-state index contributed by atoms with van der Waals surface area (Å²) in [5.41, 5.74) is 5.18. The Morgan fingerprint density at radius 1 is 0.408 bits per heavy atom. The summed E-state index contributed by atoms with van der Waals surface area (Å²) in [6.45, 7) is 0. The second-order valence-electron chi connectivity index (χ2n) is 11.8. The highest BCUT2D eigenvalue weighted by molar-refractivity contribution is 7.91. The van der Waals surface area contributed by atoms with Crippen LogP contribution >= 0.6 is 0 Å². The van der Waals surface area contributed by atoms with Crippen molar-refractivity contribution in [2.24, 2.45) is 0 Å². The smallest absolute Gasteiger partial charge is 0.225 e. The molecule has 0 saturated heterocycles. The number of hydrogen-bond donors (Lipinski definition) is 2. The van der Waals surface area contributed by atoms with E-state index in [1.807, 2.05) is 121 Å². The van der Waals surface area contributed by atoms with Crippen molar-refractivity contribution in [3.8, 4) is 0 Å². The number of anilines is 2. The molecule has 6 nitrogen and oxygen atoms in total. The van der Waals surface area contributed by atoms with Gasteiger partial charge in [-0.1, -0.05) is 121 Å². The van der Waals surface area contributed by atoms with Crippen molar-refractivity contribution in [2.75, 3.05) is 10.6 Å². The third-order valence-electron chi connectivity index (χ3n) is 8.48. The topological polar surface area (TPSA) is 92.3 Å². The van der Waals surface area contributed by atoms with Gasteiger partial charge in [0.25, 0.3) is 0 Å². The maximum Gasteiger partial charge on any atom is 0.225 e. The van der Waals surface area contributed by atoms with Crippen LogP contribution in [0.25, 0.3) is 0 Å². The Bertz CT molecular complexity index is 1860. The third kappa shape index (κ3) is 8.39. The van der Waals surface area contributed by atoms with Crippen LogP contribution in [0.3, 0.4) is 0 Å². The molecular weight excluding hydrogens is 629 g/mol. The molecule has 0 aliphatic carbocycles. The molecule has 6 aromatic carbocycles. The van der Waals surface area contributed by atoms with E-state index in [9.17, 15) is 18.0 Å². The second-order valence-corrected chi connectivity index (χ2v) is 13.8. The largest absolute Gasteiger partial charge is 0.326 e. The van der Waals surface area contributed by atoms with E-state index in [0.717, 1.165) is 22.3 Å². The molecule has 6 rings (SSSR count). The van der Waals surface area contributed by atoms with Gasteiger partial charge in [0.2, 0.25) is 21.7 Å². The Kier molecular flexibility index (Phi) is 10.4. The van der Waals surface area contributed by atoms with Gasteiger partial charge in [-0.05, 0) is 70.8 Å². The highest BCUT2D eigenvalue weighted by atomic mass is 32.2. The molecule has 0 bridgehead atoms. The van der Waals surface area contributed by atoms with Crippen LogP contribution in [0.1, 0.15) is 46.9 Å². The number of amides is 2. The predicted octanol–water partition coefficient (Wildman–Crippen LogP) is 8.84. The molecule has 2 amide bonds. The fourth-order valence-electron chi connectivity index (χ4n) is 5.96. The molecule has 0 unspecified atom stereocenters. The van der Waals surface area contributed by atoms with Gasteiger partial charge < -0.3 is 10.6 Å². The zero-order valence-corrected chi connectivity index (χ0v) is 27.6. The monoisotopic (exact) mass is 664 g/mol. The lowest BCUT2D eigenvalue weighted by Gasteiger charge is -2.18. The number of benzene rings is 6. The molecule has 0 aliphatic rings. The van der Waals surface area contributed by atoms with E-state index in [0.29, 0.717) is 11.4 Å². The van der Waals surface area contributed by atoms with Gasteiger partial charge >= 0.3 is 0 Å². The average Bonchev–Trinajstić information content (AvgIpc) is 3.15. The SMILES string of the molecule is O=C(CC(c1ccccc1)c1ccccc1)Nc1ccc(S(=O)(=O)c2ccc(NC(=O)CC(c3ccccc3)c3ccccc3)cc2)cc1. The molecule has 0 fully saturated rings. The average molecular weight is 665 g/mol. The number of sulfone groups is 1. The highest BCUT2D eigenvalue weighted by Crippen LogP contribution is 2.30. The molecule has 49 heavy (non-hydrogen) atoms. The first-order valence-corrected chi connectivity index (χ1v) is 17.6. The summed E-state index contributed by atoms with van der Waals surface area (Å²) in [6, 6.07) is 51.9. The summed E-state index contributed by atoms with van der Waals surface area (Å²) in [5, 5.41) is 5.83. The highest BCUT2D eigenvalue weighted by Gasteiger charge is 2.21. The van der Waals surface area contributed by atoms with Crippen LogP contribution in [0.5, 0.6) is 0 Å². The minimum absolute atomic E-state index is 0.0993. The van der Waals surface area contributed by atoms with E-state index in [1.165, 1.54) is 24.3 Å². The Morgan fingerprint density at radius 2 is 0.673 bits per heavy atom. The van der Waals surface area contributed by atoms with Crippen molar-refractivity contribution in [3.05, 3.63) is 192 Å². The minimum Gasteiger partial charge on any atom is -0.326 e. The summed E-state index contributed by atoms with van der Waals surface area (Å²) >= 11 is 0. The van der Waals surface area contributed by atoms with Gasteiger partial charge in [-0.15, -0.1) is 0 Å². The Hall–Kier alpha value is -5.79. The van der Waals surface area contributed by atoms with Gasteiger partial charge in [-0.2, -0.15) is 0 Å². The van der Waals surface area contributed by atoms with Crippen LogP contribution in [0.15, 0.2) is 180 Å². The van der Waals surface area contributed by atoms with Crippen molar-refractivity contribution in [1.29, 1.82) is 0 Å². The minimum atomic E-state index is -3.84. The molecule has 0 aromatic heterocycles. The summed E-state index contributed by atoms with van der Waals surface area (Å²) in [4.78, 5) is 26.4. The normalized spacial score (nSPS) is 11.3. The maximum atomic E-state index is 13.4. The standard InChI is InChI=1S/C42H36N2O4S/c45-41(29-39(31-13-5-1-6-14-31)32-15-7-2-8-16-32)43-35-21-25-37(26-22-35)49(47,48)38-27-23-36(24-28-38)44-42(46)30-40(33-17-9-3-10-18-33)34-19-11-4-12-20-34/h1-28,39-40H,29-30H2,(H,43,45)(H,44,46). The number of hydrogen-bond acceptors (Lipinski definition) is 4. The van der Waals surface area contributed by atoms with E-state index in [2.05, 4.69) is 10.6 Å². The van der Waals surface area contributed by atoms with Crippen molar-refractivity contribution in [2.45, 2.75) is 34.5 Å². The molecule has 2 N–H and O–H groups in total. The number of carbonyl (C=O) groups excluding carboxylic acids is 2. The van der Waals surface area contributed by atoms with Gasteiger partial charge in [0, 0.05) is 36.1 Å². The Morgan fingerprint density at radius 3 is 0.939 bits per heavy atom. The Labute approximate surface area is 287 Å². The van der Waals surface area contributed by atoms with Crippen molar-refractivity contribution < 1.29 is 18.0 Å². The molecule has 0 radical (unpaired) electrons. The van der Waals surface area contributed by atoms with Crippen LogP contribution in [0.2, 0.25) is 0 Å². The first-order chi connectivity index (χ1) is 23.9. The molecule has 0 atom stereocenters. The summed E-state index contributed by atoms with van der Waals surface area (Å²) in [7, 11) is -3.84. The third-order valence-corrected chi connectivity index (χ3v) is 10.3. The van der Waals surface area contributed by atoms with E-state index in [-0.39, 0.29) is 46.3 Å². The van der Waals surface area contributed by atoms with Gasteiger partial charge in [-0.3, -0.25) is 9.59 Å². The molecule has 0 spiro atoms. The van der Waals surface area contributed by atoms with Crippen LogP contribution in [0.4, 0.5) is 11.4 Å². The summed E-state index contributed by atoms with van der Waals surface area (Å²) in [5.74, 6) is -0.595. The van der Waals surface area contributed by atoms with E-state index >= 15 is 0 Å². The fourth-order valence-corrected chi connectivity index (χ4v) is 7.22. The van der Waals surface area contributed by atoms with Gasteiger partial charge in [0.15, 0.2) is 0 Å². The van der Waals surface area contributed by atoms with Crippen LogP contribution in [0, 0.1) is 0 Å². The summed E-state index contributed by atoms with van der Waals surface area (Å²) in [6.07, 6.45) is 0.465. The molecule has 0 aliphatic heterocycles. The van der Waals surface area contributed by atoms with Gasteiger partial charge in [0.1, 0.15) is 0 Å². The van der Waals surface area contributed by atoms with Crippen LogP contribution in [-0.4, -0.2) is 20.2 Å². The number of carbonyl (C=O) groups is 2. The van der Waals surface area contributed by atoms with Crippen LogP contribution in [-0.2, 0) is 19.4 Å².